The minimum atomic E-state index is 0. The van der Waals surface area contributed by atoms with Crippen LogP contribution in [0.1, 0.15) is 11.1 Å². The van der Waals surface area contributed by atoms with Crippen molar-refractivity contribution < 1.29 is 0 Å². The van der Waals surface area contributed by atoms with Crippen molar-refractivity contribution in [2.24, 2.45) is 4.99 Å². The van der Waals surface area contributed by atoms with Gasteiger partial charge in [-0.25, -0.2) is 4.98 Å². The summed E-state index contributed by atoms with van der Waals surface area (Å²) in [6.45, 7) is 5.55. The van der Waals surface area contributed by atoms with Crippen LogP contribution in [-0.2, 0) is 13.1 Å². The summed E-state index contributed by atoms with van der Waals surface area (Å²) in [6.07, 6.45) is 5.65. The monoisotopic (exact) mass is 516 g/mol. The number of rotatable bonds is 5. The van der Waals surface area contributed by atoms with Crippen molar-refractivity contribution in [1.82, 2.24) is 19.8 Å². The van der Waals surface area contributed by atoms with Crippen LogP contribution in [0.5, 0.6) is 0 Å². The van der Waals surface area contributed by atoms with E-state index in [9.17, 15) is 0 Å². The van der Waals surface area contributed by atoms with Crippen LogP contribution in [-0.4, -0.2) is 53.6 Å². The molecule has 158 valence electrons. The van der Waals surface area contributed by atoms with E-state index in [0.29, 0.717) is 0 Å². The maximum absolute atomic E-state index is 4.51. The van der Waals surface area contributed by atoms with Gasteiger partial charge in [0.2, 0.25) is 0 Å². The predicted octanol–water partition coefficient (Wildman–Crippen LogP) is 3.45. The third-order valence-electron chi connectivity index (χ3n) is 5.28. The normalized spacial score (nSPS) is 14.4. The Bertz CT molecular complexity index is 918. The number of nitrogens with one attached hydrogen (secondary N) is 1. The van der Waals surface area contributed by atoms with Crippen LogP contribution in [0.4, 0.5) is 5.69 Å². The zero-order chi connectivity index (χ0) is 19.9. The number of hydrogen-bond acceptors (Lipinski definition) is 3. The number of aliphatic imine (C=N–C) groups is 1. The van der Waals surface area contributed by atoms with E-state index in [2.05, 4.69) is 84.3 Å². The topological polar surface area (TPSA) is 48.7 Å². The highest BCUT2D eigenvalue weighted by Gasteiger charge is 2.19. The van der Waals surface area contributed by atoms with Crippen LogP contribution in [0.2, 0.25) is 0 Å². The van der Waals surface area contributed by atoms with Crippen molar-refractivity contribution in [3.05, 3.63) is 84.4 Å². The number of halogens is 1. The van der Waals surface area contributed by atoms with Crippen LogP contribution in [0.15, 0.2) is 78.3 Å². The van der Waals surface area contributed by atoms with E-state index in [1.807, 2.05) is 25.8 Å². The molecule has 1 N–H and O–H groups in total. The number of hydrogen-bond donors (Lipinski definition) is 1. The molecule has 1 fully saturated rings. The number of imidazole rings is 1. The van der Waals surface area contributed by atoms with E-state index in [4.69, 9.17) is 0 Å². The van der Waals surface area contributed by atoms with E-state index < -0.39 is 0 Å². The second-order valence-corrected chi connectivity index (χ2v) is 7.27. The average Bonchev–Trinajstić information content (AvgIpc) is 3.29. The lowest BCUT2D eigenvalue weighted by Gasteiger charge is -2.37. The molecule has 1 saturated heterocycles. The molecule has 3 aromatic rings. The fraction of sp³-hybridized carbons (Fsp3) is 0.304. The number of nitrogens with zero attached hydrogens (tertiary/aromatic N) is 5. The van der Waals surface area contributed by atoms with Gasteiger partial charge in [-0.15, -0.1) is 24.0 Å². The zero-order valence-corrected chi connectivity index (χ0v) is 19.6. The lowest BCUT2D eigenvalue weighted by Crippen LogP contribution is -2.52. The lowest BCUT2D eigenvalue weighted by molar-refractivity contribution is 0.372. The molecule has 0 radical (unpaired) electrons. The maximum Gasteiger partial charge on any atom is 0.194 e. The summed E-state index contributed by atoms with van der Waals surface area (Å²) in [5, 5.41) is 3.53. The number of benzene rings is 2. The first-order chi connectivity index (χ1) is 14.3. The van der Waals surface area contributed by atoms with Gasteiger partial charge in [0, 0.05) is 64.4 Å². The molecule has 0 unspecified atom stereocenters. The summed E-state index contributed by atoms with van der Waals surface area (Å²) in [4.78, 5) is 13.4. The number of anilines is 1. The van der Waals surface area contributed by atoms with Crippen LogP contribution >= 0.6 is 24.0 Å². The lowest BCUT2D eigenvalue weighted by atomic mass is 10.1. The van der Waals surface area contributed by atoms with Crippen LogP contribution < -0.4 is 10.2 Å². The molecule has 1 aliphatic rings. The van der Waals surface area contributed by atoms with Crippen molar-refractivity contribution in [2.45, 2.75) is 13.1 Å². The number of piperazine rings is 1. The van der Waals surface area contributed by atoms with Gasteiger partial charge < -0.3 is 19.7 Å². The minimum Gasteiger partial charge on any atom is -0.368 e. The molecule has 1 aliphatic heterocycles. The third kappa shape index (κ3) is 5.75. The van der Waals surface area contributed by atoms with Crippen molar-refractivity contribution in [1.29, 1.82) is 0 Å². The quantitative estimate of drug-likeness (QED) is 0.321. The molecule has 2 heterocycles. The molecule has 2 aromatic carbocycles. The molecule has 0 bridgehead atoms. The number of guanidine groups is 1. The van der Waals surface area contributed by atoms with Crippen molar-refractivity contribution in [2.75, 3.05) is 38.1 Å². The van der Waals surface area contributed by atoms with Gasteiger partial charge in [-0.1, -0.05) is 42.5 Å². The van der Waals surface area contributed by atoms with E-state index in [1.54, 1.807) is 0 Å². The Morgan fingerprint density at radius 1 is 1.00 bits per heavy atom. The summed E-state index contributed by atoms with van der Waals surface area (Å²) in [5.74, 6) is 0.970. The van der Waals surface area contributed by atoms with Crippen LogP contribution in [0, 0.1) is 0 Å². The van der Waals surface area contributed by atoms with Gasteiger partial charge in [0.15, 0.2) is 5.96 Å². The molecule has 0 aliphatic carbocycles. The van der Waals surface area contributed by atoms with Gasteiger partial charge in [-0.3, -0.25) is 4.99 Å². The molecule has 6 nitrogen and oxygen atoms in total. The first-order valence-electron chi connectivity index (χ1n) is 10.1. The second-order valence-electron chi connectivity index (χ2n) is 7.27. The minimum absolute atomic E-state index is 0. The smallest absolute Gasteiger partial charge is 0.194 e. The molecule has 4 rings (SSSR count). The molecular formula is C23H29IN6. The highest BCUT2D eigenvalue weighted by atomic mass is 127. The molecule has 0 atom stereocenters. The van der Waals surface area contributed by atoms with Gasteiger partial charge in [-0.2, -0.15) is 0 Å². The van der Waals surface area contributed by atoms with Gasteiger partial charge in [-0.05, 0) is 23.3 Å². The average molecular weight is 516 g/mol. The molecular weight excluding hydrogens is 487 g/mol. The SMILES string of the molecule is CN=C(NCc1cccc(Cn2ccnc2)c1)N1CCN(c2ccccc2)CC1.I. The Labute approximate surface area is 195 Å². The fourth-order valence-electron chi connectivity index (χ4n) is 3.76. The van der Waals surface area contributed by atoms with Crippen molar-refractivity contribution >= 4 is 35.6 Å². The van der Waals surface area contributed by atoms with Gasteiger partial charge in [0.05, 0.1) is 6.33 Å². The largest absolute Gasteiger partial charge is 0.368 e. The fourth-order valence-corrected chi connectivity index (χ4v) is 3.76. The third-order valence-corrected chi connectivity index (χ3v) is 5.28. The van der Waals surface area contributed by atoms with Crippen molar-refractivity contribution in [3.8, 4) is 0 Å². The van der Waals surface area contributed by atoms with Gasteiger partial charge in [0.25, 0.3) is 0 Å². The highest BCUT2D eigenvalue weighted by molar-refractivity contribution is 14.0. The standard InChI is InChI=1S/C23H28N6.HI/c1-24-23(29-14-12-28(13-15-29)22-8-3-2-4-9-22)26-17-20-6-5-7-21(16-20)18-27-11-10-25-19-27;/h2-11,16,19H,12-15,17-18H2,1H3,(H,24,26);1H. The summed E-state index contributed by atoms with van der Waals surface area (Å²) >= 11 is 0. The van der Waals surface area contributed by atoms with E-state index in [1.165, 1.54) is 16.8 Å². The molecule has 1 aromatic heterocycles. The van der Waals surface area contributed by atoms with Gasteiger partial charge >= 0.3 is 0 Å². The Morgan fingerprint density at radius 2 is 1.77 bits per heavy atom. The zero-order valence-electron chi connectivity index (χ0n) is 17.3. The first-order valence-corrected chi connectivity index (χ1v) is 10.1. The Kier molecular flexibility index (Phi) is 8.12. The second kappa shape index (κ2) is 11.0. The highest BCUT2D eigenvalue weighted by Crippen LogP contribution is 2.15. The molecule has 0 spiro atoms. The summed E-state index contributed by atoms with van der Waals surface area (Å²) in [6, 6.07) is 19.3. The van der Waals surface area contributed by atoms with E-state index in [0.717, 1.165) is 45.2 Å². The number of para-hydroxylation sites is 1. The van der Waals surface area contributed by atoms with Crippen LogP contribution in [0.3, 0.4) is 0 Å². The Morgan fingerprint density at radius 3 is 2.47 bits per heavy atom. The molecule has 30 heavy (non-hydrogen) atoms. The van der Waals surface area contributed by atoms with E-state index in [-0.39, 0.29) is 24.0 Å². The first kappa shape index (κ1) is 22.1. The Hall–Kier alpha value is -2.55. The molecule has 0 amide bonds. The summed E-state index contributed by atoms with van der Waals surface area (Å²) < 4.78 is 2.08. The maximum atomic E-state index is 4.51. The summed E-state index contributed by atoms with van der Waals surface area (Å²) in [7, 11) is 1.86. The summed E-state index contributed by atoms with van der Waals surface area (Å²) in [5.41, 5.74) is 3.82. The number of aromatic nitrogens is 2. The Balaban J connectivity index is 0.00000256. The molecule has 7 heteroatoms. The van der Waals surface area contributed by atoms with Gasteiger partial charge in [0.1, 0.15) is 0 Å². The predicted molar refractivity (Wildman–Crippen MR) is 134 cm³/mol. The van der Waals surface area contributed by atoms with E-state index >= 15 is 0 Å². The van der Waals surface area contributed by atoms with Crippen molar-refractivity contribution in [3.63, 3.8) is 0 Å². The van der Waals surface area contributed by atoms with Crippen LogP contribution in [0.25, 0.3) is 0 Å². The molecule has 0 saturated carbocycles.